The van der Waals surface area contributed by atoms with Crippen LogP contribution in [0.3, 0.4) is 0 Å². The van der Waals surface area contributed by atoms with Crippen molar-refractivity contribution in [1.82, 2.24) is 0 Å². The van der Waals surface area contributed by atoms with Crippen LogP contribution in [0.2, 0.25) is 0 Å². The highest BCUT2D eigenvalue weighted by Crippen LogP contribution is 2.38. The van der Waals surface area contributed by atoms with Crippen LogP contribution in [0.1, 0.15) is 53.0 Å². The van der Waals surface area contributed by atoms with Gasteiger partial charge in [0.2, 0.25) is 0 Å². The zero-order valence-electron chi connectivity index (χ0n) is 16.5. The average Bonchev–Trinajstić information content (AvgIpc) is 2.83. The van der Waals surface area contributed by atoms with Crippen molar-refractivity contribution in [2.24, 2.45) is 0 Å². The maximum Gasteiger partial charge on any atom is 0.494 e. The molecule has 2 saturated heterocycles. The molecule has 0 spiro atoms. The summed E-state index contributed by atoms with van der Waals surface area (Å²) in [5.41, 5.74) is 0.563. The molecule has 0 unspecified atom stereocenters. The molecule has 2 aliphatic heterocycles. The highest BCUT2D eigenvalue weighted by atomic mass is 16.7. The van der Waals surface area contributed by atoms with Crippen LogP contribution in [-0.2, 0) is 29.0 Å². The van der Waals surface area contributed by atoms with Gasteiger partial charge in [-0.05, 0) is 58.5 Å². The van der Waals surface area contributed by atoms with Gasteiger partial charge in [0.15, 0.2) is 0 Å². The number of ether oxygens (including phenoxy) is 2. The number of carbonyl (C=O) groups excluding carboxylic acids is 1. The largest absolute Gasteiger partial charge is 0.494 e. The van der Waals surface area contributed by atoms with E-state index >= 15 is 0 Å². The summed E-state index contributed by atoms with van der Waals surface area (Å²) in [6, 6.07) is 7.99. The molecule has 0 aliphatic carbocycles. The molecule has 0 saturated carbocycles. The third-order valence-electron chi connectivity index (χ3n) is 6.00. The second kappa shape index (κ2) is 6.99. The standard InChI is InChI=1S/C20H29BO5/c1-6-24-17(22)20(11-13-23-14-12-20)15-7-9-16(10-8-15)21-25-18(2,3)19(4,5)26-21/h7-10H,6,11-14H2,1-5H3. The zero-order chi connectivity index (χ0) is 19.0. The summed E-state index contributed by atoms with van der Waals surface area (Å²) in [4.78, 5) is 12.7. The van der Waals surface area contributed by atoms with Gasteiger partial charge in [-0.1, -0.05) is 24.3 Å². The molecule has 2 fully saturated rings. The lowest BCUT2D eigenvalue weighted by atomic mass is 9.72. The molecule has 142 valence electrons. The van der Waals surface area contributed by atoms with E-state index in [1.54, 1.807) is 0 Å². The molecule has 3 rings (SSSR count). The van der Waals surface area contributed by atoms with E-state index in [2.05, 4.69) is 0 Å². The summed E-state index contributed by atoms with van der Waals surface area (Å²) in [5, 5.41) is 0. The van der Waals surface area contributed by atoms with Gasteiger partial charge in [-0.2, -0.15) is 0 Å². The van der Waals surface area contributed by atoms with Crippen LogP contribution in [0.4, 0.5) is 0 Å². The maximum atomic E-state index is 12.7. The molecule has 2 heterocycles. The minimum absolute atomic E-state index is 0.160. The molecule has 0 bridgehead atoms. The van der Waals surface area contributed by atoms with Crippen LogP contribution in [0.15, 0.2) is 24.3 Å². The fraction of sp³-hybridized carbons (Fsp3) is 0.650. The van der Waals surface area contributed by atoms with E-state index in [1.807, 2.05) is 58.9 Å². The third kappa shape index (κ3) is 3.30. The minimum atomic E-state index is -0.622. The number of carbonyl (C=O) groups is 1. The van der Waals surface area contributed by atoms with Crippen molar-refractivity contribution in [3.8, 4) is 0 Å². The van der Waals surface area contributed by atoms with Gasteiger partial charge in [0, 0.05) is 13.2 Å². The Bertz CT molecular complexity index is 631. The molecule has 2 aliphatic rings. The Labute approximate surface area is 156 Å². The van der Waals surface area contributed by atoms with Gasteiger partial charge in [0.1, 0.15) is 0 Å². The van der Waals surface area contributed by atoms with E-state index in [4.69, 9.17) is 18.8 Å². The van der Waals surface area contributed by atoms with Gasteiger partial charge in [-0.15, -0.1) is 0 Å². The lowest BCUT2D eigenvalue weighted by Gasteiger charge is -2.35. The third-order valence-corrected chi connectivity index (χ3v) is 6.00. The number of benzene rings is 1. The molecule has 0 amide bonds. The molecule has 0 atom stereocenters. The monoisotopic (exact) mass is 360 g/mol. The number of hydrogen-bond donors (Lipinski definition) is 0. The van der Waals surface area contributed by atoms with Gasteiger partial charge in [0.05, 0.1) is 23.2 Å². The first-order valence-electron chi connectivity index (χ1n) is 9.43. The summed E-state index contributed by atoms with van der Waals surface area (Å²) >= 11 is 0. The van der Waals surface area contributed by atoms with Crippen LogP contribution < -0.4 is 5.46 Å². The second-order valence-electron chi connectivity index (χ2n) is 8.13. The predicted molar refractivity (Wildman–Crippen MR) is 101 cm³/mol. The molecular weight excluding hydrogens is 331 g/mol. The topological polar surface area (TPSA) is 54.0 Å². The Morgan fingerprint density at radius 2 is 1.58 bits per heavy atom. The highest BCUT2D eigenvalue weighted by Gasteiger charge is 2.52. The van der Waals surface area contributed by atoms with Crippen molar-refractivity contribution in [3.63, 3.8) is 0 Å². The number of hydrogen-bond acceptors (Lipinski definition) is 5. The Hall–Kier alpha value is -1.37. The SMILES string of the molecule is CCOC(=O)C1(c2ccc(B3OC(C)(C)C(C)(C)O3)cc2)CCOCC1. The summed E-state index contributed by atoms with van der Waals surface area (Å²) in [5.74, 6) is -0.160. The fourth-order valence-electron chi connectivity index (χ4n) is 3.54. The first kappa shape index (κ1) is 19.4. The van der Waals surface area contributed by atoms with Crippen LogP contribution >= 0.6 is 0 Å². The minimum Gasteiger partial charge on any atom is -0.465 e. The van der Waals surface area contributed by atoms with Crippen molar-refractivity contribution in [2.75, 3.05) is 19.8 Å². The summed E-state index contributed by atoms with van der Waals surface area (Å²) < 4.78 is 23.1. The van der Waals surface area contributed by atoms with Crippen molar-refractivity contribution in [1.29, 1.82) is 0 Å². The van der Waals surface area contributed by atoms with Crippen LogP contribution in [0.5, 0.6) is 0 Å². The van der Waals surface area contributed by atoms with Crippen molar-refractivity contribution < 1.29 is 23.6 Å². The Balaban J connectivity index is 1.85. The van der Waals surface area contributed by atoms with E-state index in [0.717, 1.165) is 11.0 Å². The molecule has 5 nitrogen and oxygen atoms in total. The van der Waals surface area contributed by atoms with E-state index in [1.165, 1.54) is 0 Å². The molecule has 0 radical (unpaired) electrons. The lowest BCUT2D eigenvalue weighted by Crippen LogP contribution is -2.43. The highest BCUT2D eigenvalue weighted by molar-refractivity contribution is 6.62. The molecule has 1 aromatic rings. The quantitative estimate of drug-likeness (QED) is 0.610. The summed E-state index contributed by atoms with van der Waals surface area (Å²) in [6.45, 7) is 11.5. The van der Waals surface area contributed by atoms with E-state index in [9.17, 15) is 4.79 Å². The van der Waals surface area contributed by atoms with E-state index in [0.29, 0.717) is 32.7 Å². The molecule has 6 heteroatoms. The van der Waals surface area contributed by atoms with Gasteiger partial charge in [-0.25, -0.2) is 0 Å². The second-order valence-corrected chi connectivity index (χ2v) is 8.13. The summed E-state index contributed by atoms with van der Waals surface area (Å²) in [7, 11) is -0.401. The molecule has 0 aromatic heterocycles. The smallest absolute Gasteiger partial charge is 0.465 e. The molecule has 0 N–H and O–H groups in total. The first-order valence-corrected chi connectivity index (χ1v) is 9.43. The van der Waals surface area contributed by atoms with E-state index < -0.39 is 12.5 Å². The van der Waals surface area contributed by atoms with Gasteiger partial charge >= 0.3 is 13.1 Å². The Kier molecular flexibility index (Phi) is 5.21. The fourth-order valence-corrected chi connectivity index (χ4v) is 3.54. The molecule has 26 heavy (non-hydrogen) atoms. The number of rotatable bonds is 4. The normalized spacial score (nSPS) is 23.7. The number of esters is 1. The maximum absolute atomic E-state index is 12.7. The lowest BCUT2D eigenvalue weighted by molar-refractivity contribution is -0.154. The summed E-state index contributed by atoms with van der Waals surface area (Å²) in [6.07, 6.45) is 1.28. The zero-order valence-corrected chi connectivity index (χ0v) is 16.5. The Morgan fingerprint density at radius 3 is 2.08 bits per heavy atom. The van der Waals surface area contributed by atoms with Gasteiger partial charge in [-0.3, -0.25) is 4.79 Å². The van der Waals surface area contributed by atoms with Crippen molar-refractivity contribution >= 4 is 18.6 Å². The predicted octanol–water partition coefficient (Wildman–Crippen LogP) is 2.60. The molecular formula is C20H29BO5. The van der Waals surface area contributed by atoms with Crippen LogP contribution in [0.25, 0.3) is 0 Å². The first-order chi connectivity index (χ1) is 12.2. The van der Waals surface area contributed by atoms with E-state index in [-0.39, 0.29) is 17.2 Å². The van der Waals surface area contributed by atoms with Crippen molar-refractivity contribution in [2.45, 2.75) is 64.1 Å². The van der Waals surface area contributed by atoms with Gasteiger partial charge in [0.25, 0.3) is 0 Å². The van der Waals surface area contributed by atoms with Crippen LogP contribution in [-0.4, -0.2) is 44.1 Å². The van der Waals surface area contributed by atoms with Gasteiger partial charge < -0.3 is 18.8 Å². The van der Waals surface area contributed by atoms with Crippen LogP contribution in [0, 0.1) is 0 Å². The average molecular weight is 360 g/mol. The Morgan fingerprint density at radius 1 is 1.04 bits per heavy atom. The van der Waals surface area contributed by atoms with Crippen molar-refractivity contribution in [3.05, 3.63) is 29.8 Å². The molecule has 1 aromatic carbocycles.